The van der Waals surface area contributed by atoms with Crippen molar-refractivity contribution in [2.75, 3.05) is 6.61 Å². The molecule has 0 aliphatic rings. The van der Waals surface area contributed by atoms with E-state index >= 15 is 0 Å². The van der Waals surface area contributed by atoms with Crippen molar-refractivity contribution in [3.05, 3.63) is 41.7 Å². The van der Waals surface area contributed by atoms with Crippen molar-refractivity contribution in [2.45, 2.75) is 6.92 Å². The van der Waals surface area contributed by atoms with Gasteiger partial charge >= 0.3 is 5.97 Å². The maximum atomic E-state index is 11.6. The summed E-state index contributed by atoms with van der Waals surface area (Å²) in [7, 11) is 0. The molecule has 0 radical (unpaired) electrons. The molecule has 0 atom stereocenters. The number of esters is 1. The van der Waals surface area contributed by atoms with E-state index in [9.17, 15) is 4.79 Å². The highest BCUT2D eigenvalue weighted by molar-refractivity contribution is 7.17. The molecule has 0 aliphatic carbocycles. The highest BCUT2D eigenvalue weighted by atomic mass is 32.1. The van der Waals surface area contributed by atoms with E-state index < -0.39 is 0 Å². The van der Waals surface area contributed by atoms with Gasteiger partial charge in [-0.3, -0.25) is 0 Å². The Morgan fingerprint density at radius 3 is 3.21 bits per heavy atom. The largest absolute Gasteiger partial charge is 0.462 e. The Balaban J connectivity index is 2.03. The monoisotopic (exact) mass is 273 g/mol. The van der Waals surface area contributed by atoms with Crippen LogP contribution in [0.15, 0.2) is 36.1 Å². The zero-order valence-corrected chi connectivity index (χ0v) is 11.1. The fraction of sp³-hybridized carbons (Fsp3) is 0.154. The molecule has 19 heavy (non-hydrogen) atoms. The van der Waals surface area contributed by atoms with Crippen LogP contribution in [-0.2, 0) is 4.74 Å². The van der Waals surface area contributed by atoms with Crippen LogP contribution in [0.25, 0.3) is 15.9 Å². The lowest BCUT2D eigenvalue weighted by atomic mass is 10.3. The zero-order chi connectivity index (χ0) is 13.2. The van der Waals surface area contributed by atoms with Crippen molar-refractivity contribution >= 4 is 27.4 Å². The number of rotatable bonds is 3. The van der Waals surface area contributed by atoms with E-state index in [4.69, 9.17) is 4.74 Å². The highest BCUT2D eigenvalue weighted by Crippen LogP contribution is 2.24. The lowest BCUT2D eigenvalue weighted by Crippen LogP contribution is -2.03. The minimum Gasteiger partial charge on any atom is -0.462 e. The first-order valence-electron chi connectivity index (χ1n) is 5.84. The van der Waals surface area contributed by atoms with E-state index in [0.717, 1.165) is 10.1 Å². The number of hydrogen-bond donors (Lipinski definition) is 0. The molecule has 3 aromatic heterocycles. The fourth-order valence-corrected chi connectivity index (χ4v) is 2.60. The zero-order valence-electron chi connectivity index (χ0n) is 10.2. The van der Waals surface area contributed by atoms with Gasteiger partial charge in [0.2, 0.25) is 0 Å². The van der Waals surface area contributed by atoms with Crippen LogP contribution in [0.2, 0.25) is 0 Å². The molecule has 0 saturated carbocycles. The Labute approximate surface area is 113 Å². The summed E-state index contributed by atoms with van der Waals surface area (Å²) in [6.07, 6.45) is 4.86. The molecule has 3 heterocycles. The Kier molecular flexibility index (Phi) is 3.00. The summed E-state index contributed by atoms with van der Waals surface area (Å²) in [5, 5.41) is 7.20. The third-order valence-corrected chi connectivity index (χ3v) is 3.55. The van der Waals surface area contributed by atoms with Crippen LogP contribution < -0.4 is 0 Å². The molecule has 0 saturated heterocycles. The second-order valence-corrected chi connectivity index (χ2v) is 4.81. The normalized spacial score (nSPS) is 10.8. The van der Waals surface area contributed by atoms with Gasteiger partial charge in [0.25, 0.3) is 0 Å². The molecule has 96 valence electrons. The summed E-state index contributed by atoms with van der Waals surface area (Å²) in [6, 6.07) is 3.95. The third kappa shape index (κ3) is 2.10. The highest BCUT2D eigenvalue weighted by Gasteiger charge is 2.12. The Morgan fingerprint density at radius 2 is 2.37 bits per heavy atom. The number of ether oxygens (including phenoxy) is 1. The number of carbonyl (C=O) groups is 1. The Hall–Kier alpha value is -2.21. The van der Waals surface area contributed by atoms with Gasteiger partial charge in [0, 0.05) is 22.5 Å². The van der Waals surface area contributed by atoms with Crippen LogP contribution in [0, 0.1) is 0 Å². The Bertz CT molecular complexity index is 732. The average Bonchev–Trinajstić information content (AvgIpc) is 3.07. The number of fused-ring (bicyclic) bond motifs is 1. The predicted molar refractivity (Wildman–Crippen MR) is 72.7 cm³/mol. The second kappa shape index (κ2) is 4.81. The van der Waals surface area contributed by atoms with Gasteiger partial charge in [-0.05, 0) is 24.4 Å². The molecule has 0 amide bonds. The van der Waals surface area contributed by atoms with Crippen molar-refractivity contribution < 1.29 is 9.53 Å². The molecule has 3 aromatic rings. The summed E-state index contributed by atoms with van der Waals surface area (Å²) in [4.78, 5) is 15.9. The SMILES string of the molecule is CCOC(=O)c1cnn(-c2nccc3sccc23)c1. The van der Waals surface area contributed by atoms with E-state index in [1.54, 1.807) is 35.3 Å². The first kappa shape index (κ1) is 11.9. The molecule has 0 N–H and O–H groups in total. The van der Waals surface area contributed by atoms with Crippen molar-refractivity contribution in [1.29, 1.82) is 0 Å². The minimum atomic E-state index is -0.369. The summed E-state index contributed by atoms with van der Waals surface area (Å²) in [6.45, 7) is 2.12. The first-order valence-corrected chi connectivity index (χ1v) is 6.72. The molecule has 0 spiro atoms. The molecule has 0 fully saturated rings. The second-order valence-electron chi connectivity index (χ2n) is 3.86. The van der Waals surface area contributed by atoms with Crippen molar-refractivity contribution in [3.8, 4) is 5.82 Å². The quantitative estimate of drug-likeness (QED) is 0.688. The van der Waals surface area contributed by atoms with Crippen molar-refractivity contribution in [3.63, 3.8) is 0 Å². The van der Waals surface area contributed by atoms with Gasteiger partial charge in [0.1, 0.15) is 0 Å². The van der Waals surface area contributed by atoms with Crippen molar-refractivity contribution in [1.82, 2.24) is 14.8 Å². The maximum Gasteiger partial charge on any atom is 0.341 e. The van der Waals surface area contributed by atoms with Gasteiger partial charge in [-0.15, -0.1) is 11.3 Å². The lowest BCUT2D eigenvalue weighted by Gasteiger charge is -2.01. The van der Waals surface area contributed by atoms with Gasteiger partial charge in [0.15, 0.2) is 5.82 Å². The molecular formula is C13H11N3O2S. The predicted octanol–water partition coefficient (Wildman–Crippen LogP) is 2.66. The van der Waals surface area contributed by atoms with Crippen LogP contribution in [0.3, 0.4) is 0 Å². The number of thiophene rings is 1. The number of carbonyl (C=O) groups excluding carboxylic acids is 1. The molecule has 3 rings (SSSR count). The minimum absolute atomic E-state index is 0.350. The standard InChI is InChI=1S/C13H11N3O2S/c1-2-18-13(17)9-7-15-16(8-9)12-10-4-6-19-11(10)3-5-14-12/h3-8H,2H2,1H3. The molecule has 0 bridgehead atoms. The van der Waals surface area contributed by atoms with Crippen LogP contribution in [0.5, 0.6) is 0 Å². The van der Waals surface area contributed by atoms with Gasteiger partial charge in [-0.25, -0.2) is 14.5 Å². The van der Waals surface area contributed by atoms with Gasteiger partial charge in [-0.2, -0.15) is 5.10 Å². The number of pyridine rings is 1. The third-order valence-electron chi connectivity index (χ3n) is 2.67. The summed E-state index contributed by atoms with van der Waals surface area (Å²) in [5.41, 5.74) is 0.427. The van der Waals surface area contributed by atoms with Crippen LogP contribution in [0.4, 0.5) is 0 Å². The first-order chi connectivity index (χ1) is 9.29. The van der Waals surface area contributed by atoms with E-state index in [1.165, 1.54) is 6.20 Å². The number of nitrogens with zero attached hydrogens (tertiary/aromatic N) is 3. The van der Waals surface area contributed by atoms with E-state index in [0.29, 0.717) is 18.0 Å². The Morgan fingerprint density at radius 1 is 1.47 bits per heavy atom. The summed E-state index contributed by atoms with van der Waals surface area (Å²) in [5.74, 6) is 0.348. The topological polar surface area (TPSA) is 57.0 Å². The van der Waals surface area contributed by atoms with Gasteiger partial charge in [-0.1, -0.05) is 0 Å². The number of hydrogen-bond acceptors (Lipinski definition) is 5. The fourth-order valence-electron chi connectivity index (χ4n) is 1.82. The van der Waals surface area contributed by atoms with Crippen LogP contribution in [0.1, 0.15) is 17.3 Å². The maximum absolute atomic E-state index is 11.6. The number of aromatic nitrogens is 3. The van der Waals surface area contributed by atoms with Crippen LogP contribution >= 0.6 is 11.3 Å². The summed E-state index contributed by atoms with van der Waals surface area (Å²) >= 11 is 1.64. The van der Waals surface area contributed by atoms with Crippen LogP contribution in [-0.4, -0.2) is 27.3 Å². The smallest absolute Gasteiger partial charge is 0.341 e. The van der Waals surface area contributed by atoms with E-state index in [2.05, 4.69) is 10.1 Å². The molecule has 0 aromatic carbocycles. The molecule has 0 unspecified atom stereocenters. The summed E-state index contributed by atoms with van der Waals surface area (Å²) < 4.78 is 7.67. The molecule has 0 aliphatic heterocycles. The lowest BCUT2D eigenvalue weighted by molar-refractivity contribution is 0.0526. The van der Waals surface area contributed by atoms with E-state index in [1.807, 2.05) is 17.5 Å². The van der Waals surface area contributed by atoms with E-state index in [-0.39, 0.29) is 5.97 Å². The molecular weight excluding hydrogens is 262 g/mol. The molecule has 6 heteroatoms. The van der Waals surface area contributed by atoms with Gasteiger partial charge in [0.05, 0.1) is 18.4 Å². The van der Waals surface area contributed by atoms with Gasteiger partial charge < -0.3 is 4.74 Å². The van der Waals surface area contributed by atoms with Crippen molar-refractivity contribution in [2.24, 2.45) is 0 Å². The molecule has 5 nitrogen and oxygen atoms in total. The average molecular weight is 273 g/mol.